The van der Waals surface area contributed by atoms with Gasteiger partial charge in [0.25, 0.3) is 0 Å². The van der Waals surface area contributed by atoms with Crippen LogP contribution in [0.15, 0.2) is 18.2 Å². The van der Waals surface area contributed by atoms with Crippen molar-refractivity contribution >= 4 is 17.3 Å². The highest BCUT2D eigenvalue weighted by molar-refractivity contribution is 5.76. The number of nitrogens with two attached hydrogens (primary N) is 1. The third-order valence-electron chi connectivity index (χ3n) is 2.88. The van der Waals surface area contributed by atoms with Gasteiger partial charge in [-0.05, 0) is 44.5 Å². The maximum absolute atomic E-state index is 11.8. The normalized spacial score (nSPS) is 10.2. The number of carbonyl (C=O) groups is 1. The molecule has 0 radical (unpaired) electrons. The number of hydrogen-bond acceptors (Lipinski definition) is 3. The lowest BCUT2D eigenvalue weighted by Gasteiger charge is -2.18. The van der Waals surface area contributed by atoms with E-state index in [0.717, 1.165) is 30.0 Å². The quantitative estimate of drug-likeness (QED) is 0.760. The van der Waals surface area contributed by atoms with Gasteiger partial charge in [-0.15, -0.1) is 0 Å². The summed E-state index contributed by atoms with van der Waals surface area (Å²) in [5.41, 5.74) is 8.60. The van der Waals surface area contributed by atoms with Crippen LogP contribution in [0.5, 0.6) is 0 Å². The monoisotopic (exact) mass is 249 g/mol. The molecule has 1 rings (SSSR count). The van der Waals surface area contributed by atoms with E-state index >= 15 is 0 Å². The van der Waals surface area contributed by atoms with Crippen LogP contribution >= 0.6 is 0 Å². The van der Waals surface area contributed by atoms with Crippen LogP contribution in [0.3, 0.4) is 0 Å². The minimum Gasteiger partial charge on any atom is -0.399 e. The number of rotatable bonds is 6. The van der Waals surface area contributed by atoms with Gasteiger partial charge in [0, 0.05) is 37.4 Å². The molecule has 100 valence electrons. The summed E-state index contributed by atoms with van der Waals surface area (Å²) in [7, 11) is 0. The Morgan fingerprint density at radius 3 is 2.50 bits per heavy atom. The van der Waals surface area contributed by atoms with Crippen molar-refractivity contribution in [1.82, 2.24) is 4.90 Å². The van der Waals surface area contributed by atoms with Gasteiger partial charge in [-0.3, -0.25) is 4.79 Å². The number of nitrogens with zero attached hydrogens (tertiary/aromatic N) is 1. The van der Waals surface area contributed by atoms with E-state index in [2.05, 4.69) is 5.32 Å². The largest absolute Gasteiger partial charge is 0.399 e. The van der Waals surface area contributed by atoms with E-state index in [9.17, 15) is 4.79 Å². The molecule has 0 atom stereocenters. The predicted octanol–water partition coefficient (Wildman–Crippen LogP) is 2.25. The molecule has 4 heteroatoms. The van der Waals surface area contributed by atoms with Crippen LogP contribution in [0.1, 0.15) is 25.8 Å². The molecule has 0 aromatic heterocycles. The van der Waals surface area contributed by atoms with Crippen LogP contribution < -0.4 is 11.1 Å². The summed E-state index contributed by atoms with van der Waals surface area (Å²) in [6.07, 6.45) is 0.509. The summed E-state index contributed by atoms with van der Waals surface area (Å²) in [5.74, 6) is 0.188. The first kappa shape index (κ1) is 14.4. The summed E-state index contributed by atoms with van der Waals surface area (Å²) in [6, 6.07) is 5.83. The summed E-state index contributed by atoms with van der Waals surface area (Å²) in [6.45, 7) is 8.17. The molecule has 3 N–H and O–H groups in total. The summed E-state index contributed by atoms with van der Waals surface area (Å²) in [5, 5.41) is 3.23. The fourth-order valence-corrected chi connectivity index (χ4v) is 1.96. The van der Waals surface area contributed by atoms with E-state index in [1.165, 1.54) is 0 Å². The minimum absolute atomic E-state index is 0.188. The molecule has 18 heavy (non-hydrogen) atoms. The van der Waals surface area contributed by atoms with Crippen molar-refractivity contribution in [1.29, 1.82) is 0 Å². The van der Waals surface area contributed by atoms with Gasteiger partial charge in [0.2, 0.25) is 5.91 Å². The zero-order valence-corrected chi connectivity index (χ0v) is 11.5. The minimum atomic E-state index is 0.188. The third-order valence-corrected chi connectivity index (χ3v) is 2.88. The number of amides is 1. The van der Waals surface area contributed by atoms with Crippen molar-refractivity contribution in [3.63, 3.8) is 0 Å². The van der Waals surface area contributed by atoms with E-state index in [1.807, 2.05) is 43.9 Å². The highest BCUT2D eigenvalue weighted by Gasteiger charge is 2.08. The molecule has 0 heterocycles. The molecule has 4 nitrogen and oxygen atoms in total. The van der Waals surface area contributed by atoms with Gasteiger partial charge in [0.1, 0.15) is 0 Å². The third kappa shape index (κ3) is 4.28. The van der Waals surface area contributed by atoms with Crippen LogP contribution in [-0.4, -0.2) is 30.4 Å². The van der Waals surface area contributed by atoms with Gasteiger partial charge in [-0.1, -0.05) is 0 Å². The molecular weight excluding hydrogens is 226 g/mol. The smallest absolute Gasteiger partial charge is 0.224 e. The lowest BCUT2D eigenvalue weighted by Crippen LogP contribution is -2.31. The second-order valence-corrected chi connectivity index (χ2v) is 4.38. The van der Waals surface area contributed by atoms with Crippen molar-refractivity contribution in [3.05, 3.63) is 23.8 Å². The number of nitrogen functional groups attached to an aromatic ring is 1. The molecule has 0 unspecified atom stereocenters. The number of carbonyl (C=O) groups excluding carboxylic acids is 1. The van der Waals surface area contributed by atoms with Gasteiger partial charge in [-0.2, -0.15) is 0 Å². The molecule has 0 aliphatic carbocycles. The van der Waals surface area contributed by atoms with E-state index in [1.54, 1.807) is 0 Å². The number of anilines is 2. The van der Waals surface area contributed by atoms with Crippen LogP contribution in [0.2, 0.25) is 0 Å². The van der Waals surface area contributed by atoms with E-state index < -0.39 is 0 Å². The number of nitrogens with one attached hydrogen (secondary N) is 1. The van der Waals surface area contributed by atoms with Crippen LogP contribution in [0.4, 0.5) is 11.4 Å². The van der Waals surface area contributed by atoms with Gasteiger partial charge in [0.05, 0.1) is 0 Å². The van der Waals surface area contributed by atoms with Crippen LogP contribution in [0, 0.1) is 6.92 Å². The Bertz CT molecular complexity index is 380. The van der Waals surface area contributed by atoms with Gasteiger partial charge < -0.3 is 16.0 Å². The number of benzene rings is 1. The maximum Gasteiger partial charge on any atom is 0.224 e. The van der Waals surface area contributed by atoms with Gasteiger partial charge in [-0.25, -0.2) is 0 Å². The summed E-state index contributed by atoms with van der Waals surface area (Å²) in [4.78, 5) is 13.6. The highest BCUT2D eigenvalue weighted by atomic mass is 16.2. The molecule has 1 amide bonds. The average molecular weight is 249 g/mol. The zero-order chi connectivity index (χ0) is 13.5. The molecule has 0 saturated carbocycles. The zero-order valence-electron chi connectivity index (χ0n) is 11.5. The average Bonchev–Trinajstić information content (AvgIpc) is 2.29. The SMILES string of the molecule is CCN(CC)C(=O)CCNc1cc(C)cc(N)c1. The Kier molecular flexibility index (Phi) is 5.49. The molecule has 0 bridgehead atoms. The Hall–Kier alpha value is -1.71. The van der Waals surface area contributed by atoms with Crippen LogP contribution in [0.25, 0.3) is 0 Å². The summed E-state index contributed by atoms with van der Waals surface area (Å²) >= 11 is 0. The second kappa shape index (κ2) is 6.89. The Balaban J connectivity index is 2.44. The van der Waals surface area contributed by atoms with Crippen molar-refractivity contribution in [2.75, 3.05) is 30.7 Å². The first-order chi connectivity index (χ1) is 8.56. The van der Waals surface area contributed by atoms with E-state index in [4.69, 9.17) is 5.73 Å². The predicted molar refractivity (Wildman–Crippen MR) is 76.6 cm³/mol. The lowest BCUT2D eigenvalue weighted by molar-refractivity contribution is -0.130. The van der Waals surface area contributed by atoms with Crippen molar-refractivity contribution < 1.29 is 4.79 Å². The Labute approximate surface area is 109 Å². The van der Waals surface area contributed by atoms with Gasteiger partial charge >= 0.3 is 0 Å². The standard InChI is InChI=1S/C14H23N3O/c1-4-17(5-2)14(18)6-7-16-13-9-11(3)8-12(15)10-13/h8-10,16H,4-7,15H2,1-3H3. The molecule has 0 fully saturated rings. The lowest BCUT2D eigenvalue weighted by atomic mass is 10.2. The topological polar surface area (TPSA) is 58.4 Å². The van der Waals surface area contributed by atoms with Crippen molar-refractivity contribution in [3.8, 4) is 0 Å². The molecule has 0 saturated heterocycles. The fraction of sp³-hybridized carbons (Fsp3) is 0.500. The number of aryl methyl sites for hydroxylation is 1. The molecule has 0 aliphatic heterocycles. The number of hydrogen-bond donors (Lipinski definition) is 2. The second-order valence-electron chi connectivity index (χ2n) is 4.38. The molecule has 1 aromatic carbocycles. The Morgan fingerprint density at radius 2 is 1.94 bits per heavy atom. The van der Waals surface area contributed by atoms with Gasteiger partial charge in [0.15, 0.2) is 0 Å². The first-order valence-electron chi connectivity index (χ1n) is 6.45. The highest BCUT2D eigenvalue weighted by Crippen LogP contribution is 2.15. The molecule has 1 aromatic rings. The molecule has 0 aliphatic rings. The van der Waals surface area contributed by atoms with Crippen molar-refractivity contribution in [2.24, 2.45) is 0 Å². The Morgan fingerprint density at radius 1 is 1.28 bits per heavy atom. The van der Waals surface area contributed by atoms with E-state index in [-0.39, 0.29) is 5.91 Å². The fourth-order valence-electron chi connectivity index (χ4n) is 1.96. The van der Waals surface area contributed by atoms with Crippen molar-refractivity contribution in [2.45, 2.75) is 27.2 Å². The van der Waals surface area contributed by atoms with Crippen LogP contribution in [-0.2, 0) is 4.79 Å². The molecular formula is C14H23N3O. The maximum atomic E-state index is 11.8. The van der Waals surface area contributed by atoms with E-state index in [0.29, 0.717) is 13.0 Å². The first-order valence-corrected chi connectivity index (χ1v) is 6.45. The molecule has 0 spiro atoms. The summed E-state index contributed by atoms with van der Waals surface area (Å²) < 4.78 is 0.